The number of para-hydroxylation sites is 1. The number of piperazine rings is 1. The van der Waals surface area contributed by atoms with Crippen LogP contribution in [0.1, 0.15) is 5.56 Å². The molecule has 0 radical (unpaired) electrons. The van der Waals surface area contributed by atoms with Gasteiger partial charge in [-0.1, -0.05) is 18.2 Å². The highest BCUT2D eigenvalue weighted by molar-refractivity contribution is 6.36. The molecule has 0 saturated carbocycles. The molecule has 0 bridgehead atoms. The van der Waals surface area contributed by atoms with E-state index in [9.17, 15) is 9.59 Å². The van der Waals surface area contributed by atoms with Crippen molar-refractivity contribution in [1.82, 2.24) is 15.2 Å². The second kappa shape index (κ2) is 5.46. The van der Waals surface area contributed by atoms with Gasteiger partial charge in [-0.3, -0.25) is 9.59 Å². The summed E-state index contributed by atoms with van der Waals surface area (Å²) >= 11 is 0. The van der Waals surface area contributed by atoms with E-state index in [-0.39, 0.29) is 18.1 Å². The Bertz CT molecular complexity index is 641. The molecule has 2 heterocycles. The van der Waals surface area contributed by atoms with Gasteiger partial charge >= 0.3 is 0 Å². The molecule has 0 spiro atoms. The Hall–Kier alpha value is -2.14. The smallest absolute Gasteiger partial charge is 0.290 e. The van der Waals surface area contributed by atoms with E-state index in [0.717, 1.165) is 29.6 Å². The van der Waals surface area contributed by atoms with Gasteiger partial charge in [0.2, 0.25) is 5.78 Å². The van der Waals surface area contributed by atoms with E-state index in [1.807, 2.05) is 30.5 Å². The molecule has 2 N–H and O–H groups in total. The number of carbonyl (C=O) groups is 2. The summed E-state index contributed by atoms with van der Waals surface area (Å²) in [5.74, 6) is -0.701. The minimum absolute atomic E-state index is 0.159. The lowest BCUT2D eigenvalue weighted by atomic mass is 10.1. The van der Waals surface area contributed by atoms with Crippen molar-refractivity contribution in [1.29, 1.82) is 0 Å². The van der Waals surface area contributed by atoms with Crippen LogP contribution in [-0.2, 0) is 16.0 Å². The van der Waals surface area contributed by atoms with Gasteiger partial charge in [-0.25, -0.2) is 0 Å². The lowest BCUT2D eigenvalue weighted by Crippen LogP contribution is -2.49. The zero-order valence-electron chi connectivity index (χ0n) is 11.2. The van der Waals surface area contributed by atoms with Crippen molar-refractivity contribution in [3.8, 4) is 0 Å². The first-order valence-corrected chi connectivity index (χ1v) is 6.83. The van der Waals surface area contributed by atoms with E-state index in [1.54, 1.807) is 4.90 Å². The highest BCUT2D eigenvalue weighted by Gasteiger charge is 2.23. The number of carbonyl (C=O) groups excluding carboxylic acids is 2. The fraction of sp³-hybridized carbons (Fsp3) is 0.333. The summed E-state index contributed by atoms with van der Waals surface area (Å²) in [6.45, 7) is 2.73. The van der Waals surface area contributed by atoms with Crippen molar-refractivity contribution < 1.29 is 9.59 Å². The number of Topliss-reactive ketones (excluding diaryl/α,β-unsaturated/α-hetero) is 1. The van der Waals surface area contributed by atoms with Crippen molar-refractivity contribution in [3.63, 3.8) is 0 Å². The van der Waals surface area contributed by atoms with Gasteiger partial charge in [-0.2, -0.15) is 0 Å². The Morgan fingerprint density at radius 2 is 1.90 bits per heavy atom. The maximum absolute atomic E-state index is 12.1. The summed E-state index contributed by atoms with van der Waals surface area (Å²) in [5.41, 5.74) is 1.87. The minimum atomic E-state index is -0.364. The number of rotatable bonds is 3. The van der Waals surface area contributed by atoms with Crippen LogP contribution in [0.2, 0.25) is 0 Å². The second-order valence-electron chi connectivity index (χ2n) is 5.00. The quantitative estimate of drug-likeness (QED) is 0.808. The SMILES string of the molecule is O=C(Cc1c[nH]c2ccccc12)C(=O)N1CCNCC1. The number of aromatic nitrogens is 1. The number of aromatic amines is 1. The van der Waals surface area contributed by atoms with Crippen LogP contribution in [-0.4, -0.2) is 47.8 Å². The van der Waals surface area contributed by atoms with E-state index < -0.39 is 0 Å². The number of hydrogen-bond acceptors (Lipinski definition) is 3. The Balaban J connectivity index is 1.73. The topological polar surface area (TPSA) is 65.2 Å². The standard InChI is InChI=1S/C15H17N3O2/c19-14(15(20)18-7-5-16-6-8-18)9-11-10-17-13-4-2-1-3-12(11)13/h1-4,10,16-17H,5-9H2. The number of fused-ring (bicyclic) bond motifs is 1. The average Bonchev–Trinajstić information content (AvgIpc) is 2.91. The van der Waals surface area contributed by atoms with Crippen LogP contribution >= 0.6 is 0 Å². The number of H-pyrrole nitrogens is 1. The number of ketones is 1. The lowest BCUT2D eigenvalue weighted by Gasteiger charge is -2.26. The van der Waals surface area contributed by atoms with Crippen LogP contribution in [0, 0.1) is 0 Å². The summed E-state index contributed by atoms with van der Waals surface area (Å²) in [4.78, 5) is 29.0. The Morgan fingerprint density at radius 3 is 2.70 bits per heavy atom. The molecule has 1 aromatic heterocycles. The predicted octanol–water partition coefficient (Wildman–Crippen LogP) is 0.711. The van der Waals surface area contributed by atoms with E-state index in [2.05, 4.69) is 10.3 Å². The van der Waals surface area contributed by atoms with Gasteiger partial charge in [-0.05, 0) is 11.6 Å². The normalized spacial score (nSPS) is 15.5. The van der Waals surface area contributed by atoms with Gasteiger partial charge in [0.15, 0.2) is 0 Å². The molecule has 1 saturated heterocycles. The molecule has 0 atom stereocenters. The van der Waals surface area contributed by atoms with Gasteiger partial charge in [0.1, 0.15) is 0 Å². The van der Waals surface area contributed by atoms with Crippen LogP contribution in [0.4, 0.5) is 0 Å². The molecule has 1 aromatic carbocycles. The molecule has 3 rings (SSSR count). The highest BCUT2D eigenvalue weighted by atomic mass is 16.2. The third-order valence-electron chi connectivity index (χ3n) is 3.67. The molecule has 1 amide bonds. The fourth-order valence-electron chi connectivity index (χ4n) is 2.57. The number of hydrogen-bond donors (Lipinski definition) is 2. The summed E-state index contributed by atoms with van der Waals surface area (Å²) in [7, 11) is 0. The third kappa shape index (κ3) is 2.44. The van der Waals surface area contributed by atoms with Gasteiger partial charge in [0.25, 0.3) is 5.91 Å². The van der Waals surface area contributed by atoms with Crippen LogP contribution in [0.25, 0.3) is 10.9 Å². The minimum Gasteiger partial charge on any atom is -0.361 e. The predicted molar refractivity (Wildman–Crippen MR) is 76.5 cm³/mol. The van der Waals surface area contributed by atoms with Gasteiger partial charge in [0.05, 0.1) is 0 Å². The van der Waals surface area contributed by atoms with Crippen LogP contribution in [0.5, 0.6) is 0 Å². The average molecular weight is 271 g/mol. The van der Waals surface area contributed by atoms with E-state index >= 15 is 0 Å². The maximum atomic E-state index is 12.1. The van der Waals surface area contributed by atoms with Crippen molar-refractivity contribution in [2.24, 2.45) is 0 Å². The zero-order valence-corrected chi connectivity index (χ0v) is 11.2. The molecule has 0 unspecified atom stereocenters. The Kier molecular flexibility index (Phi) is 3.52. The number of nitrogens with zero attached hydrogens (tertiary/aromatic N) is 1. The van der Waals surface area contributed by atoms with Crippen molar-refractivity contribution in [2.45, 2.75) is 6.42 Å². The molecule has 1 aliphatic heterocycles. The molecule has 2 aromatic rings. The molecule has 5 heteroatoms. The molecule has 20 heavy (non-hydrogen) atoms. The first kappa shape index (κ1) is 12.9. The summed E-state index contributed by atoms with van der Waals surface area (Å²) in [5, 5.41) is 4.18. The highest BCUT2D eigenvalue weighted by Crippen LogP contribution is 2.18. The largest absolute Gasteiger partial charge is 0.361 e. The summed E-state index contributed by atoms with van der Waals surface area (Å²) in [6.07, 6.45) is 1.97. The third-order valence-corrected chi connectivity index (χ3v) is 3.67. The van der Waals surface area contributed by atoms with Crippen molar-refractivity contribution in [3.05, 3.63) is 36.0 Å². The molecule has 1 fully saturated rings. The first-order valence-electron chi connectivity index (χ1n) is 6.83. The van der Waals surface area contributed by atoms with Crippen LogP contribution < -0.4 is 5.32 Å². The number of benzene rings is 1. The molecule has 1 aliphatic rings. The van der Waals surface area contributed by atoms with Crippen molar-refractivity contribution >= 4 is 22.6 Å². The monoisotopic (exact) mass is 271 g/mol. The van der Waals surface area contributed by atoms with Gasteiger partial charge in [-0.15, -0.1) is 0 Å². The van der Waals surface area contributed by atoms with Crippen LogP contribution in [0.15, 0.2) is 30.5 Å². The summed E-state index contributed by atoms with van der Waals surface area (Å²) in [6, 6.07) is 7.80. The fourth-order valence-corrected chi connectivity index (χ4v) is 2.57. The van der Waals surface area contributed by atoms with E-state index in [4.69, 9.17) is 0 Å². The lowest BCUT2D eigenvalue weighted by molar-refractivity contribution is -0.144. The second-order valence-corrected chi connectivity index (χ2v) is 5.00. The Labute approximate surface area is 117 Å². The first-order chi connectivity index (χ1) is 9.75. The van der Waals surface area contributed by atoms with Gasteiger partial charge in [0, 0.05) is 49.7 Å². The molecule has 5 nitrogen and oxygen atoms in total. The van der Waals surface area contributed by atoms with Gasteiger partial charge < -0.3 is 15.2 Å². The summed E-state index contributed by atoms with van der Waals surface area (Å²) < 4.78 is 0. The molecular formula is C15H17N3O2. The van der Waals surface area contributed by atoms with Crippen LogP contribution in [0.3, 0.4) is 0 Å². The maximum Gasteiger partial charge on any atom is 0.290 e. The molecule has 0 aliphatic carbocycles. The number of nitrogens with one attached hydrogen (secondary N) is 2. The molecule has 104 valence electrons. The van der Waals surface area contributed by atoms with Crippen molar-refractivity contribution in [2.75, 3.05) is 26.2 Å². The number of amides is 1. The zero-order chi connectivity index (χ0) is 13.9. The molecular weight excluding hydrogens is 254 g/mol. The van der Waals surface area contributed by atoms with E-state index in [1.165, 1.54) is 0 Å². The van der Waals surface area contributed by atoms with E-state index in [0.29, 0.717) is 13.1 Å². The Morgan fingerprint density at radius 1 is 1.15 bits per heavy atom.